The zero-order valence-corrected chi connectivity index (χ0v) is 18.6. The summed E-state index contributed by atoms with van der Waals surface area (Å²) in [5.41, 5.74) is 1.18. The fraction of sp³-hybridized carbons (Fsp3) is 0.429. The second kappa shape index (κ2) is 10.5. The summed E-state index contributed by atoms with van der Waals surface area (Å²) in [5.74, 6) is -0.927. The van der Waals surface area contributed by atoms with E-state index in [-0.39, 0.29) is 23.6 Å². The molecule has 172 valence electrons. The first kappa shape index (κ1) is 23.6. The van der Waals surface area contributed by atoms with Gasteiger partial charge >= 0.3 is 5.97 Å². The van der Waals surface area contributed by atoms with Crippen LogP contribution in [0.2, 0.25) is 0 Å². The summed E-state index contributed by atoms with van der Waals surface area (Å²) in [5, 5.41) is 14.8. The number of amides is 1. The van der Waals surface area contributed by atoms with Gasteiger partial charge in [-0.3, -0.25) is 9.59 Å². The Labute approximate surface area is 186 Å². The first-order chi connectivity index (χ1) is 15.2. The summed E-state index contributed by atoms with van der Waals surface area (Å²) in [4.78, 5) is 31.5. The summed E-state index contributed by atoms with van der Waals surface area (Å²) in [7, 11) is -3.85. The number of nitrogens with zero attached hydrogens (tertiary/aromatic N) is 2. The van der Waals surface area contributed by atoms with Crippen LogP contribution in [0.3, 0.4) is 0 Å². The number of rotatable bonds is 9. The van der Waals surface area contributed by atoms with Crippen molar-refractivity contribution in [2.24, 2.45) is 0 Å². The molecule has 0 unspecified atom stereocenters. The van der Waals surface area contributed by atoms with E-state index in [9.17, 15) is 18.0 Å². The molecule has 0 bridgehead atoms. The molecule has 0 saturated heterocycles. The molecule has 1 aliphatic carbocycles. The molecular weight excluding hydrogens is 434 g/mol. The third-order valence-electron chi connectivity index (χ3n) is 5.24. The van der Waals surface area contributed by atoms with Crippen LogP contribution in [-0.4, -0.2) is 48.0 Å². The number of carboxylic acids is 1. The lowest BCUT2D eigenvalue weighted by molar-refractivity contribution is -0.136. The van der Waals surface area contributed by atoms with Gasteiger partial charge in [-0.15, -0.1) is 0 Å². The lowest BCUT2D eigenvalue weighted by Crippen LogP contribution is -2.26. The highest BCUT2D eigenvalue weighted by molar-refractivity contribution is 7.89. The summed E-state index contributed by atoms with van der Waals surface area (Å²) in [6.45, 7) is 1.46. The lowest BCUT2D eigenvalue weighted by Gasteiger charge is -2.23. The molecule has 1 saturated carbocycles. The molecule has 0 aliphatic heterocycles. The zero-order valence-electron chi connectivity index (χ0n) is 17.8. The number of aromatic nitrogens is 2. The Morgan fingerprint density at radius 3 is 2.56 bits per heavy atom. The topological polar surface area (TPSA) is 150 Å². The van der Waals surface area contributed by atoms with Gasteiger partial charge in [0.25, 0.3) is 5.91 Å². The van der Waals surface area contributed by atoms with Crippen molar-refractivity contribution < 1.29 is 23.1 Å². The van der Waals surface area contributed by atoms with Crippen molar-refractivity contribution in [3.63, 3.8) is 0 Å². The van der Waals surface area contributed by atoms with Crippen LogP contribution in [0.25, 0.3) is 0 Å². The maximum Gasteiger partial charge on any atom is 0.304 e. The van der Waals surface area contributed by atoms with Gasteiger partial charge in [0.2, 0.25) is 10.0 Å². The molecule has 11 heteroatoms. The second-order valence-electron chi connectivity index (χ2n) is 7.74. The maximum atomic E-state index is 12.7. The number of aliphatic carboxylic acids is 1. The van der Waals surface area contributed by atoms with Crippen molar-refractivity contribution in [2.75, 3.05) is 17.2 Å². The van der Waals surface area contributed by atoms with Crippen LogP contribution in [0, 0.1) is 6.92 Å². The van der Waals surface area contributed by atoms with E-state index in [4.69, 9.17) is 5.11 Å². The van der Waals surface area contributed by atoms with Crippen molar-refractivity contribution in [2.45, 2.75) is 56.4 Å². The van der Waals surface area contributed by atoms with Crippen LogP contribution in [0.5, 0.6) is 0 Å². The Kier molecular flexibility index (Phi) is 7.75. The Bertz CT molecular complexity index is 1080. The Balaban J connectivity index is 1.66. The molecule has 1 aromatic carbocycles. The smallest absolute Gasteiger partial charge is 0.304 e. The van der Waals surface area contributed by atoms with Crippen molar-refractivity contribution in [1.29, 1.82) is 0 Å². The van der Waals surface area contributed by atoms with E-state index in [0.717, 1.165) is 12.8 Å². The normalized spacial score (nSPS) is 14.7. The van der Waals surface area contributed by atoms with Gasteiger partial charge in [0.1, 0.15) is 17.8 Å². The van der Waals surface area contributed by atoms with E-state index in [1.165, 1.54) is 43.8 Å². The van der Waals surface area contributed by atoms with E-state index < -0.39 is 21.9 Å². The molecule has 0 atom stereocenters. The fourth-order valence-corrected chi connectivity index (χ4v) is 4.64. The molecule has 1 heterocycles. The third-order valence-corrected chi connectivity index (χ3v) is 6.70. The van der Waals surface area contributed by atoms with E-state index in [2.05, 4.69) is 25.3 Å². The Morgan fingerprint density at radius 2 is 1.88 bits per heavy atom. The van der Waals surface area contributed by atoms with Gasteiger partial charge in [-0.25, -0.2) is 23.1 Å². The third kappa shape index (κ3) is 6.47. The SMILES string of the molecule is Cc1cc(S(=O)(=O)NCCC(=O)O)ccc1NC(=O)c1cc(NC2CCCCC2)ncn1. The predicted octanol–water partition coefficient (Wildman–Crippen LogP) is 2.53. The van der Waals surface area contributed by atoms with Gasteiger partial charge in [-0.05, 0) is 43.5 Å². The number of hydrogen-bond acceptors (Lipinski definition) is 7. The van der Waals surface area contributed by atoms with Gasteiger partial charge in [-0.2, -0.15) is 0 Å². The molecule has 2 aromatic rings. The van der Waals surface area contributed by atoms with Crippen molar-refractivity contribution >= 4 is 33.4 Å². The van der Waals surface area contributed by atoms with Gasteiger partial charge in [-0.1, -0.05) is 19.3 Å². The van der Waals surface area contributed by atoms with E-state index >= 15 is 0 Å². The molecule has 10 nitrogen and oxygen atoms in total. The number of carbonyl (C=O) groups is 2. The number of hydrogen-bond donors (Lipinski definition) is 4. The Hall–Kier alpha value is -3.05. The van der Waals surface area contributed by atoms with Crippen LogP contribution in [-0.2, 0) is 14.8 Å². The van der Waals surface area contributed by atoms with E-state index in [1.807, 2.05) is 0 Å². The van der Waals surface area contributed by atoms with Gasteiger partial charge in [0.05, 0.1) is 11.3 Å². The van der Waals surface area contributed by atoms with Crippen LogP contribution in [0.4, 0.5) is 11.5 Å². The molecule has 1 fully saturated rings. The van der Waals surface area contributed by atoms with Crippen molar-refractivity contribution in [3.8, 4) is 0 Å². The summed E-state index contributed by atoms with van der Waals surface area (Å²) in [6, 6.07) is 6.19. The molecular formula is C21H27N5O5S. The minimum absolute atomic E-state index is 0.0145. The van der Waals surface area contributed by atoms with Gasteiger partial charge in [0.15, 0.2) is 0 Å². The highest BCUT2D eigenvalue weighted by Crippen LogP contribution is 2.22. The number of nitrogens with one attached hydrogen (secondary N) is 3. The average molecular weight is 462 g/mol. The highest BCUT2D eigenvalue weighted by Gasteiger charge is 2.18. The molecule has 1 aromatic heterocycles. The fourth-order valence-electron chi connectivity index (χ4n) is 3.52. The minimum atomic E-state index is -3.85. The largest absolute Gasteiger partial charge is 0.481 e. The number of benzene rings is 1. The monoisotopic (exact) mass is 461 g/mol. The summed E-state index contributed by atoms with van der Waals surface area (Å²) in [6.07, 6.45) is 6.77. The number of anilines is 2. The first-order valence-corrected chi connectivity index (χ1v) is 11.9. The van der Waals surface area contributed by atoms with Crippen LogP contribution in [0.15, 0.2) is 35.5 Å². The van der Waals surface area contributed by atoms with Crippen molar-refractivity contribution in [3.05, 3.63) is 41.9 Å². The maximum absolute atomic E-state index is 12.7. The lowest BCUT2D eigenvalue weighted by atomic mass is 9.95. The van der Waals surface area contributed by atoms with Gasteiger partial charge in [0, 0.05) is 24.3 Å². The van der Waals surface area contributed by atoms with E-state index in [0.29, 0.717) is 23.1 Å². The highest BCUT2D eigenvalue weighted by atomic mass is 32.2. The number of aryl methyl sites for hydroxylation is 1. The zero-order chi connectivity index (χ0) is 23.1. The first-order valence-electron chi connectivity index (χ1n) is 10.5. The number of carboxylic acid groups (broad SMARTS) is 1. The standard InChI is InChI=1S/C21H27N5O5S/c1-14-11-16(32(30,31)24-10-9-20(27)28)7-8-17(14)26-21(29)18-12-19(23-13-22-18)25-15-5-3-2-4-6-15/h7-8,11-13,15,24H,2-6,9-10H2,1H3,(H,26,29)(H,27,28)(H,22,23,25). The summed E-state index contributed by atoms with van der Waals surface area (Å²) >= 11 is 0. The molecule has 0 spiro atoms. The molecule has 0 radical (unpaired) electrons. The molecule has 32 heavy (non-hydrogen) atoms. The summed E-state index contributed by atoms with van der Waals surface area (Å²) < 4.78 is 26.9. The number of carbonyl (C=O) groups excluding carboxylic acids is 1. The molecule has 3 rings (SSSR count). The van der Waals surface area contributed by atoms with E-state index in [1.54, 1.807) is 13.0 Å². The quantitative estimate of drug-likeness (QED) is 0.445. The number of sulfonamides is 1. The molecule has 4 N–H and O–H groups in total. The second-order valence-corrected chi connectivity index (χ2v) is 9.51. The minimum Gasteiger partial charge on any atom is -0.481 e. The predicted molar refractivity (Wildman–Crippen MR) is 119 cm³/mol. The molecule has 1 aliphatic rings. The van der Waals surface area contributed by atoms with Gasteiger partial charge < -0.3 is 15.7 Å². The van der Waals surface area contributed by atoms with Crippen molar-refractivity contribution in [1.82, 2.24) is 14.7 Å². The van der Waals surface area contributed by atoms with Crippen LogP contribution >= 0.6 is 0 Å². The average Bonchev–Trinajstić information content (AvgIpc) is 2.75. The van der Waals surface area contributed by atoms with Crippen LogP contribution < -0.4 is 15.4 Å². The Morgan fingerprint density at radius 1 is 1.12 bits per heavy atom. The molecule has 1 amide bonds. The van der Waals surface area contributed by atoms with Crippen LogP contribution in [0.1, 0.15) is 54.6 Å².